The normalized spacial score (nSPS) is 24.7. The Bertz CT molecular complexity index is 433. The van der Waals surface area contributed by atoms with Crippen molar-refractivity contribution in [2.45, 2.75) is 36.2 Å². The Balaban J connectivity index is 0.00000312. The molecule has 25 heavy (non-hydrogen) atoms. The SMILES string of the molecule is CN=C(NCC1(SC)CCOCC1)NC1CCN(CC(F)(F)F)C1.I. The lowest BCUT2D eigenvalue weighted by Crippen LogP contribution is -2.50. The second-order valence-corrected chi connectivity index (χ2v) is 7.68. The predicted octanol–water partition coefficient (Wildman–Crippen LogP) is 2.32. The highest BCUT2D eigenvalue weighted by Gasteiger charge is 2.35. The summed E-state index contributed by atoms with van der Waals surface area (Å²) in [6.07, 6.45) is 0.637. The van der Waals surface area contributed by atoms with Crippen LogP contribution in [0.25, 0.3) is 0 Å². The van der Waals surface area contributed by atoms with E-state index in [2.05, 4.69) is 21.9 Å². The van der Waals surface area contributed by atoms with E-state index in [0.717, 1.165) is 32.6 Å². The number of hydrogen-bond acceptors (Lipinski definition) is 4. The molecule has 0 aromatic rings. The van der Waals surface area contributed by atoms with Gasteiger partial charge in [-0.15, -0.1) is 24.0 Å². The van der Waals surface area contributed by atoms with Gasteiger partial charge in [-0.1, -0.05) is 0 Å². The third-order valence-electron chi connectivity index (χ3n) is 4.65. The third-order valence-corrected chi connectivity index (χ3v) is 6.07. The molecule has 1 atom stereocenters. The monoisotopic (exact) mass is 496 g/mol. The molecule has 0 bridgehead atoms. The lowest BCUT2D eigenvalue weighted by molar-refractivity contribution is -0.143. The summed E-state index contributed by atoms with van der Waals surface area (Å²) < 4.78 is 42.9. The van der Waals surface area contributed by atoms with Crippen molar-refractivity contribution in [3.05, 3.63) is 0 Å². The molecule has 2 N–H and O–H groups in total. The molecule has 0 spiro atoms. The van der Waals surface area contributed by atoms with Crippen molar-refractivity contribution >= 4 is 41.7 Å². The summed E-state index contributed by atoms with van der Waals surface area (Å²) in [5.41, 5.74) is 0. The van der Waals surface area contributed by atoms with Crippen LogP contribution in [0.2, 0.25) is 0 Å². The molecular weight excluding hydrogens is 468 g/mol. The van der Waals surface area contributed by atoms with Crippen LogP contribution in [0.3, 0.4) is 0 Å². The lowest BCUT2D eigenvalue weighted by Gasteiger charge is -2.36. The minimum atomic E-state index is -4.14. The Hall–Kier alpha value is 0.0600. The summed E-state index contributed by atoms with van der Waals surface area (Å²) in [5.74, 6) is 0.661. The van der Waals surface area contributed by atoms with Crippen molar-refractivity contribution in [3.63, 3.8) is 0 Å². The number of rotatable bonds is 5. The van der Waals surface area contributed by atoms with Crippen molar-refractivity contribution in [2.75, 3.05) is 52.7 Å². The van der Waals surface area contributed by atoms with Gasteiger partial charge in [0.2, 0.25) is 0 Å². The zero-order chi connectivity index (χ0) is 17.6. The maximum Gasteiger partial charge on any atom is 0.401 e. The van der Waals surface area contributed by atoms with E-state index in [1.807, 2.05) is 11.8 Å². The van der Waals surface area contributed by atoms with E-state index in [-0.39, 0.29) is 34.8 Å². The second-order valence-electron chi connectivity index (χ2n) is 6.41. The van der Waals surface area contributed by atoms with Crippen LogP contribution in [0.15, 0.2) is 4.99 Å². The quantitative estimate of drug-likeness (QED) is 0.348. The molecule has 0 aromatic heterocycles. The van der Waals surface area contributed by atoms with Crippen LogP contribution < -0.4 is 10.6 Å². The summed E-state index contributed by atoms with van der Waals surface area (Å²) in [6.45, 7) is 2.32. The standard InChI is InChI=1S/C15H27F3N4OS.HI/c1-19-13(20-10-14(24-2)4-7-23-8-5-14)21-12-3-6-22(9-12)11-15(16,17)18;/h12H,3-11H2,1-2H3,(H2,19,20,21);1H. The molecule has 10 heteroatoms. The summed E-state index contributed by atoms with van der Waals surface area (Å²) in [4.78, 5) is 5.65. The fourth-order valence-corrected chi connectivity index (χ4v) is 3.97. The highest BCUT2D eigenvalue weighted by atomic mass is 127. The molecule has 2 saturated heterocycles. The minimum absolute atomic E-state index is 0. The molecule has 1 unspecified atom stereocenters. The molecule has 2 rings (SSSR count). The lowest BCUT2D eigenvalue weighted by atomic mass is 9.99. The van der Waals surface area contributed by atoms with Gasteiger partial charge in [-0.05, 0) is 25.5 Å². The number of guanidine groups is 1. The van der Waals surface area contributed by atoms with Gasteiger partial charge in [0, 0.05) is 50.7 Å². The average molecular weight is 496 g/mol. The van der Waals surface area contributed by atoms with Crippen molar-refractivity contribution in [3.8, 4) is 0 Å². The minimum Gasteiger partial charge on any atom is -0.381 e. The number of aliphatic imine (C=N–C) groups is 1. The van der Waals surface area contributed by atoms with Gasteiger partial charge >= 0.3 is 6.18 Å². The van der Waals surface area contributed by atoms with E-state index in [1.165, 1.54) is 4.90 Å². The highest BCUT2D eigenvalue weighted by Crippen LogP contribution is 2.32. The van der Waals surface area contributed by atoms with Crippen LogP contribution in [-0.2, 0) is 4.74 Å². The van der Waals surface area contributed by atoms with Crippen molar-refractivity contribution in [1.29, 1.82) is 0 Å². The highest BCUT2D eigenvalue weighted by molar-refractivity contribution is 14.0. The molecule has 0 aliphatic carbocycles. The number of halogens is 4. The molecule has 5 nitrogen and oxygen atoms in total. The second kappa shape index (κ2) is 10.4. The largest absolute Gasteiger partial charge is 0.401 e. The van der Waals surface area contributed by atoms with Crippen LogP contribution in [-0.4, -0.2) is 80.5 Å². The van der Waals surface area contributed by atoms with Crippen LogP contribution >= 0.6 is 35.7 Å². The molecule has 2 aliphatic rings. The van der Waals surface area contributed by atoms with Gasteiger partial charge in [-0.3, -0.25) is 9.89 Å². The molecule has 0 radical (unpaired) electrons. The number of ether oxygens (including phenoxy) is 1. The fourth-order valence-electron chi connectivity index (χ4n) is 3.18. The third kappa shape index (κ3) is 7.67. The Morgan fingerprint density at radius 2 is 2.04 bits per heavy atom. The summed E-state index contributed by atoms with van der Waals surface area (Å²) >= 11 is 1.84. The van der Waals surface area contributed by atoms with Crippen LogP contribution in [0.1, 0.15) is 19.3 Å². The van der Waals surface area contributed by atoms with Gasteiger partial charge in [-0.25, -0.2) is 0 Å². The number of nitrogens with one attached hydrogen (secondary N) is 2. The average Bonchev–Trinajstić information content (AvgIpc) is 2.97. The molecule has 0 amide bonds. The maximum atomic E-state index is 12.5. The van der Waals surface area contributed by atoms with E-state index >= 15 is 0 Å². The van der Waals surface area contributed by atoms with Gasteiger partial charge in [0.05, 0.1) is 6.54 Å². The van der Waals surface area contributed by atoms with Crippen LogP contribution in [0.5, 0.6) is 0 Å². The Kier molecular flexibility index (Phi) is 9.62. The number of thioether (sulfide) groups is 1. The first-order valence-electron chi connectivity index (χ1n) is 8.25. The van der Waals surface area contributed by atoms with E-state index in [9.17, 15) is 13.2 Å². The first kappa shape index (κ1) is 23.1. The van der Waals surface area contributed by atoms with Gasteiger partial charge < -0.3 is 15.4 Å². The van der Waals surface area contributed by atoms with Crippen molar-refractivity contribution in [2.24, 2.45) is 4.99 Å². The Morgan fingerprint density at radius 1 is 1.36 bits per heavy atom. The topological polar surface area (TPSA) is 48.9 Å². The molecule has 148 valence electrons. The van der Waals surface area contributed by atoms with E-state index in [4.69, 9.17) is 4.74 Å². The van der Waals surface area contributed by atoms with Gasteiger partial charge in [-0.2, -0.15) is 24.9 Å². The molecular formula is C15H28F3IN4OS. The molecule has 2 heterocycles. The summed E-state index contributed by atoms with van der Waals surface area (Å²) in [7, 11) is 1.69. The zero-order valence-electron chi connectivity index (χ0n) is 14.7. The van der Waals surface area contributed by atoms with Gasteiger partial charge in [0.1, 0.15) is 0 Å². The fraction of sp³-hybridized carbons (Fsp3) is 0.933. The summed E-state index contributed by atoms with van der Waals surface area (Å²) in [5, 5.41) is 6.59. The van der Waals surface area contributed by atoms with E-state index < -0.39 is 12.7 Å². The van der Waals surface area contributed by atoms with Crippen LogP contribution in [0, 0.1) is 0 Å². The number of hydrogen-bond donors (Lipinski definition) is 2. The zero-order valence-corrected chi connectivity index (χ0v) is 17.8. The first-order valence-corrected chi connectivity index (χ1v) is 9.47. The molecule has 0 aromatic carbocycles. The Labute approximate surface area is 168 Å². The number of likely N-dealkylation sites (tertiary alicyclic amines) is 1. The van der Waals surface area contributed by atoms with Gasteiger partial charge in [0.15, 0.2) is 5.96 Å². The Morgan fingerprint density at radius 3 is 2.60 bits per heavy atom. The smallest absolute Gasteiger partial charge is 0.381 e. The van der Waals surface area contributed by atoms with Crippen molar-refractivity contribution < 1.29 is 17.9 Å². The molecule has 0 saturated carbocycles. The predicted molar refractivity (Wildman–Crippen MR) is 107 cm³/mol. The van der Waals surface area contributed by atoms with Gasteiger partial charge in [0.25, 0.3) is 0 Å². The first-order chi connectivity index (χ1) is 11.4. The number of nitrogens with zero attached hydrogens (tertiary/aromatic N) is 2. The van der Waals surface area contributed by atoms with E-state index in [0.29, 0.717) is 25.5 Å². The van der Waals surface area contributed by atoms with Crippen LogP contribution in [0.4, 0.5) is 13.2 Å². The summed E-state index contributed by atoms with van der Waals surface area (Å²) in [6, 6.07) is -0.00142. The molecule has 2 aliphatic heterocycles. The van der Waals surface area contributed by atoms with E-state index in [1.54, 1.807) is 7.05 Å². The van der Waals surface area contributed by atoms with Crippen molar-refractivity contribution in [1.82, 2.24) is 15.5 Å². The number of alkyl halides is 3. The molecule has 2 fully saturated rings. The maximum absolute atomic E-state index is 12.5.